The van der Waals surface area contributed by atoms with Crippen LogP contribution >= 0.6 is 0 Å². The van der Waals surface area contributed by atoms with Crippen molar-refractivity contribution in [3.63, 3.8) is 0 Å². The molecule has 2 amide bonds. The van der Waals surface area contributed by atoms with Crippen molar-refractivity contribution in [2.45, 2.75) is 56.3 Å². The van der Waals surface area contributed by atoms with E-state index in [1.54, 1.807) is 32.9 Å². The average molecular weight is 576 g/mol. The van der Waals surface area contributed by atoms with E-state index in [1.807, 2.05) is 30.3 Å². The van der Waals surface area contributed by atoms with Crippen LogP contribution in [0, 0.1) is 0 Å². The Morgan fingerprint density at radius 2 is 1.65 bits per heavy atom. The summed E-state index contributed by atoms with van der Waals surface area (Å²) in [6.07, 6.45) is -3.78. The number of hydrogen-bond donors (Lipinski definition) is 1. The molecule has 1 saturated heterocycles. The zero-order valence-electron chi connectivity index (χ0n) is 22.5. The molecule has 3 aromatic rings. The first-order valence-corrected chi connectivity index (χ1v) is 14.7. The Kier molecular flexibility index (Phi) is 8.44. The summed E-state index contributed by atoms with van der Waals surface area (Å²) in [5.74, 6) is -1.05. The number of carbonyl (C=O) groups excluding carboxylic acids is 1. The number of nitrogens with zero attached hydrogens (tertiary/aromatic N) is 2. The number of sulfone groups is 1. The highest BCUT2D eigenvalue weighted by Gasteiger charge is 2.40. The normalized spacial score (nSPS) is 17.8. The van der Waals surface area contributed by atoms with E-state index in [1.165, 1.54) is 17.0 Å². The molecule has 4 rings (SSSR count). The quantitative estimate of drug-likeness (QED) is 0.412. The lowest BCUT2D eigenvalue weighted by Crippen LogP contribution is -2.38. The summed E-state index contributed by atoms with van der Waals surface area (Å²) in [5, 5.41) is 2.81. The second-order valence-corrected chi connectivity index (χ2v) is 12.5. The van der Waals surface area contributed by atoms with Gasteiger partial charge in [-0.2, -0.15) is 13.2 Å². The van der Waals surface area contributed by atoms with Crippen molar-refractivity contribution in [1.29, 1.82) is 0 Å². The summed E-state index contributed by atoms with van der Waals surface area (Å²) < 4.78 is 66.6. The molecule has 0 bridgehead atoms. The first kappa shape index (κ1) is 29.4. The third-order valence-electron chi connectivity index (χ3n) is 7.29. The van der Waals surface area contributed by atoms with Crippen LogP contribution in [0.1, 0.15) is 60.9 Å². The van der Waals surface area contributed by atoms with Gasteiger partial charge < -0.3 is 14.8 Å². The number of rotatable bonds is 7. The number of pyridine rings is 1. The number of alkyl halides is 3. The first-order chi connectivity index (χ1) is 18.8. The Morgan fingerprint density at radius 3 is 2.23 bits per heavy atom. The van der Waals surface area contributed by atoms with E-state index in [2.05, 4.69) is 5.32 Å². The van der Waals surface area contributed by atoms with Crippen molar-refractivity contribution < 1.29 is 26.4 Å². The third-order valence-corrected chi connectivity index (χ3v) is 9.05. The van der Waals surface area contributed by atoms with Gasteiger partial charge in [-0.1, -0.05) is 49.4 Å². The van der Waals surface area contributed by atoms with Crippen LogP contribution in [-0.4, -0.2) is 42.8 Å². The van der Waals surface area contributed by atoms with Gasteiger partial charge in [-0.25, -0.2) is 13.2 Å². The van der Waals surface area contributed by atoms with Crippen LogP contribution in [0.5, 0.6) is 0 Å². The van der Waals surface area contributed by atoms with Crippen LogP contribution < -0.4 is 10.9 Å². The lowest BCUT2D eigenvalue weighted by atomic mass is 9.84. The van der Waals surface area contributed by atoms with Gasteiger partial charge in [-0.15, -0.1) is 0 Å². The molecule has 1 aromatic heterocycles. The molecular weight excluding hydrogens is 543 g/mol. The SMILES string of the molecule is CCS(=O)(=O)c1ccc(CNC(=O)N2CC(c3ccccc3)C(c3cc(C(F)(F)F)cn(C(C)C)c3=O)C2)cc1. The molecular formula is C29H32F3N3O4S. The maximum absolute atomic E-state index is 13.8. The zero-order valence-corrected chi connectivity index (χ0v) is 23.3. The fourth-order valence-electron chi connectivity index (χ4n) is 5.02. The van der Waals surface area contributed by atoms with Crippen LogP contribution in [0.3, 0.4) is 0 Å². The number of amides is 2. The van der Waals surface area contributed by atoms with E-state index in [0.29, 0.717) is 5.56 Å². The Labute approximate surface area is 231 Å². The molecule has 214 valence electrons. The Bertz CT molecular complexity index is 1520. The van der Waals surface area contributed by atoms with E-state index < -0.39 is 45.1 Å². The topological polar surface area (TPSA) is 88.5 Å². The zero-order chi connectivity index (χ0) is 29.2. The predicted octanol–water partition coefficient (Wildman–Crippen LogP) is 5.33. The van der Waals surface area contributed by atoms with Crippen molar-refractivity contribution in [2.24, 2.45) is 0 Å². The van der Waals surface area contributed by atoms with Crippen LogP contribution in [0.25, 0.3) is 0 Å². The number of nitrogens with one attached hydrogen (secondary N) is 1. The Morgan fingerprint density at radius 1 is 1.02 bits per heavy atom. The smallest absolute Gasteiger partial charge is 0.334 e. The van der Waals surface area contributed by atoms with Crippen molar-refractivity contribution in [2.75, 3.05) is 18.8 Å². The minimum absolute atomic E-state index is 0.0179. The van der Waals surface area contributed by atoms with Crippen molar-refractivity contribution in [3.8, 4) is 0 Å². The number of halogens is 3. The monoisotopic (exact) mass is 575 g/mol. The fraction of sp³-hybridized carbons (Fsp3) is 0.379. The van der Waals surface area contributed by atoms with Gasteiger partial charge in [0.15, 0.2) is 9.84 Å². The van der Waals surface area contributed by atoms with Gasteiger partial charge in [0.2, 0.25) is 0 Å². The summed E-state index contributed by atoms with van der Waals surface area (Å²) in [5.41, 5.74) is 0.137. The van der Waals surface area contributed by atoms with Crippen molar-refractivity contribution >= 4 is 15.9 Å². The fourth-order valence-corrected chi connectivity index (χ4v) is 5.91. The molecule has 2 aromatic carbocycles. The van der Waals surface area contributed by atoms with Crippen molar-refractivity contribution in [3.05, 3.63) is 99.5 Å². The van der Waals surface area contributed by atoms with Crippen LogP contribution in [0.2, 0.25) is 0 Å². The second-order valence-electron chi connectivity index (χ2n) is 10.2. The number of urea groups is 1. The molecule has 2 unspecified atom stereocenters. The molecule has 0 spiro atoms. The molecule has 1 aliphatic heterocycles. The summed E-state index contributed by atoms with van der Waals surface area (Å²) in [6, 6.07) is 15.4. The van der Waals surface area contributed by atoms with Gasteiger partial charge in [0.25, 0.3) is 5.56 Å². The summed E-state index contributed by atoms with van der Waals surface area (Å²) >= 11 is 0. The summed E-state index contributed by atoms with van der Waals surface area (Å²) in [6.45, 7) is 5.27. The van der Waals surface area contributed by atoms with Gasteiger partial charge in [-0.05, 0) is 43.2 Å². The van der Waals surface area contributed by atoms with E-state index in [0.717, 1.165) is 22.4 Å². The molecule has 0 saturated carbocycles. The number of benzene rings is 2. The minimum atomic E-state index is -4.64. The largest absolute Gasteiger partial charge is 0.417 e. The number of likely N-dealkylation sites (tertiary alicyclic amines) is 1. The highest BCUT2D eigenvalue weighted by molar-refractivity contribution is 7.91. The highest BCUT2D eigenvalue weighted by atomic mass is 32.2. The van der Waals surface area contributed by atoms with Crippen LogP contribution in [0.15, 0.2) is 76.6 Å². The number of hydrogen-bond acceptors (Lipinski definition) is 4. The van der Waals surface area contributed by atoms with Gasteiger partial charge in [0, 0.05) is 49.3 Å². The molecule has 0 aliphatic carbocycles. The molecule has 0 radical (unpaired) electrons. The Balaban J connectivity index is 1.62. The van der Waals surface area contributed by atoms with Crippen LogP contribution in [0.4, 0.5) is 18.0 Å². The van der Waals surface area contributed by atoms with E-state index in [-0.39, 0.29) is 41.8 Å². The lowest BCUT2D eigenvalue weighted by molar-refractivity contribution is -0.138. The number of carbonyl (C=O) groups is 1. The number of aromatic nitrogens is 1. The summed E-state index contributed by atoms with van der Waals surface area (Å²) in [7, 11) is -3.34. The lowest BCUT2D eigenvalue weighted by Gasteiger charge is -2.22. The maximum Gasteiger partial charge on any atom is 0.417 e. The third kappa shape index (κ3) is 6.24. The molecule has 2 heterocycles. The van der Waals surface area contributed by atoms with E-state index in [4.69, 9.17) is 0 Å². The molecule has 7 nitrogen and oxygen atoms in total. The molecule has 2 atom stereocenters. The van der Waals surface area contributed by atoms with Crippen LogP contribution in [-0.2, 0) is 22.6 Å². The van der Waals surface area contributed by atoms with Gasteiger partial charge in [0.05, 0.1) is 16.2 Å². The molecule has 11 heteroatoms. The molecule has 1 aliphatic rings. The molecule has 1 N–H and O–H groups in total. The van der Waals surface area contributed by atoms with Crippen molar-refractivity contribution in [1.82, 2.24) is 14.8 Å². The molecule has 40 heavy (non-hydrogen) atoms. The van der Waals surface area contributed by atoms with Gasteiger partial charge >= 0.3 is 12.2 Å². The molecule has 1 fully saturated rings. The maximum atomic E-state index is 13.8. The van der Waals surface area contributed by atoms with E-state index >= 15 is 0 Å². The van der Waals surface area contributed by atoms with Gasteiger partial charge in [-0.3, -0.25) is 4.79 Å². The Hall–Kier alpha value is -3.60. The minimum Gasteiger partial charge on any atom is -0.334 e. The standard InChI is InChI=1S/C29H32F3N3O4S/c1-4-40(38,39)23-12-10-20(11-13-23)15-33-28(37)34-17-25(21-8-6-5-7-9-21)26(18-34)24-14-22(29(30,31)32)16-35(19(2)3)27(24)36/h5-14,16,19,25-26H,4,15,17-18H2,1-3H3,(H,33,37). The predicted molar refractivity (Wildman–Crippen MR) is 146 cm³/mol. The average Bonchev–Trinajstić information content (AvgIpc) is 3.37. The van der Waals surface area contributed by atoms with E-state index in [9.17, 15) is 31.2 Å². The highest BCUT2D eigenvalue weighted by Crippen LogP contribution is 2.40. The summed E-state index contributed by atoms with van der Waals surface area (Å²) in [4.78, 5) is 28.3. The second kappa shape index (κ2) is 11.5. The van der Waals surface area contributed by atoms with Gasteiger partial charge in [0.1, 0.15) is 0 Å². The first-order valence-electron chi connectivity index (χ1n) is 13.0.